The van der Waals surface area contributed by atoms with Crippen molar-refractivity contribution >= 4 is 35.2 Å². The van der Waals surface area contributed by atoms with Crippen LogP contribution in [-0.2, 0) is 9.59 Å². The van der Waals surface area contributed by atoms with E-state index in [-0.39, 0.29) is 22.8 Å². The zero-order chi connectivity index (χ0) is 25.9. The first-order valence-electron chi connectivity index (χ1n) is 12.6. The van der Waals surface area contributed by atoms with Gasteiger partial charge in [0.1, 0.15) is 11.3 Å². The Kier molecular flexibility index (Phi) is 8.37. The molecule has 0 unspecified atom stereocenters. The van der Waals surface area contributed by atoms with Gasteiger partial charge in [0, 0.05) is 13.1 Å². The fourth-order valence-electron chi connectivity index (χ4n) is 4.95. The van der Waals surface area contributed by atoms with E-state index in [4.69, 9.17) is 17.0 Å². The third kappa shape index (κ3) is 5.75. The average molecular weight is 495 g/mol. The minimum Gasteiger partial charge on any atom is -0.493 e. The van der Waals surface area contributed by atoms with E-state index in [2.05, 4.69) is 58.9 Å². The van der Waals surface area contributed by atoms with Crippen molar-refractivity contribution in [2.45, 2.75) is 67.7 Å². The number of carbonyl (C=O) groups excluding carboxylic acids is 2. The summed E-state index contributed by atoms with van der Waals surface area (Å²) in [5, 5.41) is 0.297. The quantitative estimate of drug-likeness (QED) is 0.259. The molecule has 0 bridgehead atoms. The van der Waals surface area contributed by atoms with Gasteiger partial charge in [-0.1, -0.05) is 39.0 Å². The first-order valence-corrected chi connectivity index (χ1v) is 13.0. The summed E-state index contributed by atoms with van der Waals surface area (Å²) in [5.41, 5.74) is 5.42. The first-order chi connectivity index (χ1) is 16.5. The van der Waals surface area contributed by atoms with Crippen molar-refractivity contribution in [3.63, 3.8) is 0 Å². The van der Waals surface area contributed by atoms with Gasteiger partial charge in [-0.3, -0.25) is 19.4 Å². The maximum atomic E-state index is 13.3. The highest BCUT2D eigenvalue weighted by molar-refractivity contribution is 7.80. The lowest BCUT2D eigenvalue weighted by molar-refractivity contribution is -0.133. The van der Waals surface area contributed by atoms with Gasteiger partial charge in [-0.2, -0.15) is 0 Å². The zero-order valence-corrected chi connectivity index (χ0v) is 23.0. The Morgan fingerprint density at radius 1 is 0.971 bits per heavy atom. The molecule has 0 saturated carbocycles. The Morgan fingerprint density at radius 2 is 1.54 bits per heavy atom. The van der Waals surface area contributed by atoms with E-state index in [9.17, 15) is 9.59 Å². The van der Waals surface area contributed by atoms with Gasteiger partial charge in [-0.05, 0) is 105 Å². The van der Waals surface area contributed by atoms with Gasteiger partial charge in [-0.15, -0.1) is 0 Å². The van der Waals surface area contributed by atoms with Gasteiger partial charge >= 0.3 is 0 Å². The number of aryl methyl sites for hydroxylation is 2. The molecule has 1 heterocycles. The molecule has 0 aromatic heterocycles. The molecule has 0 N–H and O–H groups in total. The highest BCUT2D eigenvalue weighted by atomic mass is 32.1. The van der Waals surface area contributed by atoms with Crippen LogP contribution in [0.3, 0.4) is 0 Å². The number of hydrogen-bond donors (Lipinski definition) is 0. The molecule has 5 nitrogen and oxygen atoms in total. The fourth-order valence-corrected chi connectivity index (χ4v) is 5.38. The molecule has 0 spiro atoms. The minimum absolute atomic E-state index is 0.0763. The summed E-state index contributed by atoms with van der Waals surface area (Å²) in [6.45, 7) is 16.0. The molecular formula is C29H38N2O3S. The van der Waals surface area contributed by atoms with Crippen molar-refractivity contribution in [1.82, 2.24) is 9.80 Å². The summed E-state index contributed by atoms with van der Waals surface area (Å²) in [5.74, 6) is 0.393. The van der Waals surface area contributed by atoms with Crippen LogP contribution < -0.4 is 4.74 Å². The summed E-state index contributed by atoms with van der Waals surface area (Å²) >= 11 is 5.42. The molecule has 1 aliphatic heterocycles. The van der Waals surface area contributed by atoms with E-state index < -0.39 is 0 Å². The van der Waals surface area contributed by atoms with E-state index in [1.807, 2.05) is 19.9 Å². The van der Waals surface area contributed by atoms with Crippen molar-refractivity contribution in [2.75, 3.05) is 19.7 Å². The number of hydrogen-bond acceptors (Lipinski definition) is 4. The van der Waals surface area contributed by atoms with Crippen LogP contribution in [0.25, 0.3) is 6.08 Å². The van der Waals surface area contributed by atoms with Crippen LogP contribution in [-0.4, -0.2) is 46.4 Å². The Bertz CT molecular complexity index is 1080. The third-order valence-electron chi connectivity index (χ3n) is 6.47. The van der Waals surface area contributed by atoms with Crippen LogP contribution in [0.5, 0.6) is 5.75 Å². The van der Waals surface area contributed by atoms with Crippen molar-refractivity contribution in [3.8, 4) is 5.75 Å². The third-order valence-corrected chi connectivity index (χ3v) is 6.91. The maximum Gasteiger partial charge on any atom is 0.265 e. The standard InChI is InChI=1S/C29H38N2O3S/c1-8-13-34-25-19(4)14-21(15-20(25)5)11-12-22-16-23(18-29(6,7)17-22)24-26(32)30(9-2)28(35)31(10-3)27(24)33/h11-12,14-16H,8-10,13,17-18H2,1-7H3/b12-11+. The number of allylic oxidation sites excluding steroid dienone is 4. The van der Waals surface area contributed by atoms with E-state index in [1.165, 1.54) is 9.80 Å². The summed E-state index contributed by atoms with van der Waals surface area (Å²) in [4.78, 5) is 29.6. The van der Waals surface area contributed by atoms with E-state index in [1.54, 1.807) is 0 Å². The highest BCUT2D eigenvalue weighted by Crippen LogP contribution is 2.41. The molecule has 1 fully saturated rings. The van der Waals surface area contributed by atoms with Crippen LogP contribution in [0.1, 0.15) is 70.6 Å². The van der Waals surface area contributed by atoms with Gasteiger partial charge in [0.05, 0.1) is 6.61 Å². The molecular weight excluding hydrogens is 456 g/mol. The lowest BCUT2D eigenvalue weighted by Gasteiger charge is -2.38. The van der Waals surface area contributed by atoms with Crippen LogP contribution in [0.2, 0.25) is 0 Å². The van der Waals surface area contributed by atoms with Crippen molar-refractivity contribution in [2.24, 2.45) is 5.41 Å². The van der Waals surface area contributed by atoms with Crippen LogP contribution >= 0.6 is 12.2 Å². The van der Waals surface area contributed by atoms with Crippen LogP contribution in [0, 0.1) is 19.3 Å². The minimum atomic E-state index is -0.284. The molecule has 0 atom stereocenters. The topological polar surface area (TPSA) is 49.9 Å². The molecule has 1 aliphatic carbocycles. The highest BCUT2D eigenvalue weighted by Gasteiger charge is 2.41. The second kappa shape index (κ2) is 10.9. The molecule has 3 rings (SSSR count). The number of thiocarbonyl (C=S) groups is 1. The summed E-state index contributed by atoms with van der Waals surface area (Å²) in [6.07, 6.45) is 8.76. The Labute approximate surface area is 215 Å². The van der Waals surface area contributed by atoms with Crippen LogP contribution in [0.15, 0.2) is 41.0 Å². The summed E-state index contributed by atoms with van der Waals surface area (Å²) in [7, 11) is 0. The Balaban J connectivity index is 2.00. The second-order valence-electron chi connectivity index (χ2n) is 10.2. The molecule has 1 aromatic rings. The number of amides is 2. The smallest absolute Gasteiger partial charge is 0.265 e. The number of likely N-dealkylation sites (N-methyl/N-ethyl adjacent to an activating group) is 2. The molecule has 1 aromatic carbocycles. The van der Waals surface area contributed by atoms with Gasteiger partial charge in [0.15, 0.2) is 5.11 Å². The van der Waals surface area contributed by atoms with Gasteiger partial charge in [-0.25, -0.2) is 0 Å². The molecule has 188 valence electrons. The van der Waals surface area contributed by atoms with Crippen LogP contribution in [0.4, 0.5) is 0 Å². The van der Waals surface area contributed by atoms with E-state index >= 15 is 0 Å². The number of carbonyl (C=O) groups is 2. The normalized spacial score (nSPS) is 18.6. The van der Waals surface area contributed by atoms with Gasteiger partial charge < -0.3 is 4.74 Å². The zero-order valence-electron chi connectivity index (χ0n) is 22.2. The fraction of sp³-hybridized carbons (Fsp3) is 0.483. The van der Waals surface area contributed by atoms with Gasteiger partial charge in [0.25, 0.3) is 11.8 Å². The molecule has 6 heteroatoms. The molecule has 2 amide bonds. The molecule has 2 aliphatic rings. The molecule has 0 radical (unpaired) electrons. The number of ether oxygens (including phenoxy) is 1. The number of rotatable bonds is 7. The molecule has 1 saturated heterocycles. The lowest BCUT2D eigenvalue weighted by atomic mass is 9.73. The van der Waals surface area contributed by atoms with Gasteiger partial charge in [0.2, 0.25) is 0 Å². The maximum absolute atomic E-state index is 13.3. The van der Waals surface area contributed by atoms with Crippen molar-refractivity contribution in [1.29, 1.82) is 0 Å². The van der Waals surface area contributed by atoms with Crippen molar-refractivity contribution < 1.29 is 14.3 Å². The number of nitrogens with zero attached hydrogens (tertiary/aromatic N) is 2. The average Bonchev–Trinajstić information content (AvgIpc) is 2.77. The predicted octanol–water partition coefficient (Wildman–Crippen LogP) is 6.14. The Morgan fingerprint density at radius 3 is 2.06 bits per heavy atom. The first kappa shape index (κ1) is 26.9. The number of benzene rings is 1. The molecule has 35 heavy (non-hydrogen) atoms. The Hall–Kier alpha value is -2.73. The monoisotopic (exact) mass is 494 g/mol. The SMILES string of the molecule is CCCOc1c(C)cc(/C=C/C2=CC(=C3C(=O)N(CC)C(=S)N(CC)C3=O)CC(C)(C)C2)cc1C. The van der Waals surface area contributed by atoms with E-state index in [0.29, 0.717) is 31.2 Å². The second-order valence-corrected chi connectivity index (χ2v) is 10.5. The van der Waals surface area contributed by atoms with E-state index in [0.717, 1.165) is 46.4 Å². The van der Waals surface area contributed by atoms with Crippen molar-refractivity contribution in [3.05, 3.63) is 57.7 Å². The summed E-state index contributed by atoms with van der Waals surface area (Å²) < 4.78 is 5.92. The largest absolute Gasteiger partial charge is 0.493 e. The lowest BCUT2D eigenvalue weighted by Crippen LogP contribution is -2.56. The summed E-state index contributed by atoms with van der Waals surface area (Å²) in [6, 6.07) is 4.27. The predicted molar refractivity (Wildman–Crippen MR) is 146 cm³/mol.